The molecule has 0 spiro atoms. The van der Waals surface area contributed by atoms with E-state index >= 15 is 0 Å². The Bertz CT molecular complexity index is 1600. The van der Waals surface area contributed by atoms with Crippen LogP contribution in [-0.4, -0.2) is 52.3 Å². The van der Waals surface area contributed by atoms with Gasteiger partial charge in [-0.1, -0.05) is 0 Å². The first-order chi connectivity index (χ1) is 16.3. The van der Waals surface area contributed by atoms with E-state index in [0.717, 1.165) is 18.2 Å². The lowest BCUT2D eigenvalue weighted by Gasteiger charge is -2.12. The van der Waals surface area contributed by atoms with Crippen molar-refractivity contribution < 1.29 is 40.5 Å². The van der Waals surface area contributed by atoms with E-state index in [9.17, 15) is 31.0 Å². The molecule has 0 radical (unpaired) electrons. The molecule has 0 aliphatic carbocycles. The molecule has 186 valence electrons. The predicted molar refractivity (Wildman–Crippen MR) is 124 cm³/mol. The van der Waals surface area contributed by atoms with Crippen LogP contribution in [0.15, 0.2) is 60.6 Å². The van der Waals surface area contributed by atoms with E-state index in [1.807, 2.05) is 0 Å². The van der Waals surface area contributed by atoms with Gasteiger partial charge in [-0.2, -0.15) is 27.1 Å². The van der Waals surface area contributed by atoms with Crippen molar-refractivity contribution in [3.05, 3.63) is 30.3 Å². The molecule has 3 aromatic rings. The summed E-state index contributed by atoms with van der Waals surface area (Å²) in [4.78, 5) is -1.56. The van der Waals surface area contributed by atoms with E-state index in [1.54, 1.807) is 0 Å². The molecule has 0 amide bonds. The number of nitrogens with zero attached hydrogens (tertiary/aromatic N) is 4. The monoisotopic (exact) mass is 525 g/mol. The minimum atomic E-state index is -5.01. The summed E-state index contributed by atoms with van der Waals surface area (Å²) in [6.07, 6.45) is 0. The number of anilines is 1. The minimum Gasteiger partial charge on any atom is -0.505 e. The summed E-state index contributed by atoms with van der Waals surface area (Å²) in [7, 11) is -5.57. The second-order valence-corrected chi connectivity index (χ2v) is 9.64. The summed E-state index contributed by atoms with van der Waals surface area (Å²) in [5.41, 5.74) is 5.18. The first-order valence-electron chi connectivity index (χ1n) is 9.33. The highest BCUT2D eigenvalue weighted by molar-refractivity contribution is 7.86. The number of methoxy groups -OCH3 is 2. The van der Waals surface area contributed by atoms with Gasteiger partial charge in [0.05, 0.1) is 19.1 Å². The van der Waals surface area contributed by atoms with Gasteiger partial charge >= 0.3 is 0 Å². The predicted octanol–water partition coefficient (Wildman–Crippen LogP) is 3.77. The van der Waals surface area contributed by atoms with Gasteiger partial charge < -0.3 is 20.3 Å². The molecule has 0 fully saturated rings. The zero-order valence-corrected chi connectivity index (χ0v) is 20.0. The highest BCUT2D eigenvalue weighted by Gasteiger charge is 2.25. The van der Waals surface area contributed by atoms with Crippen LogP contribution in [0.4, 0.5) is 22.7 Å². The van der Waals surface area contributed by atoms with Crippen molar-refractivity contribution in [2.75, 3.05) is 27.0 Å². The molecule has 3 aromatic carbocycles. The molecule has 0 aliphatic heterocycles. The highest BCUT2D eigenvalue weighted by Crippen LogP contribution is 2.46. The van der Waals surface area contributed by atoms with Gasteiger partial charge in [0, 0.05) is 30.3 Å². The van der Waals surface area contributed by atoms with Gasteiger partial charge in [-0.15, -0.1) is 10.2 Å². The Morgan fingerprint density at radius 1 is 0.829 bits per heavy atom. The average molecular weight is 526 g/mol. The molecule has 0 saturated carbocycles. The molecular formula is C19H19N5O9S2. The van der Waals surface area contributed by atoms with Gasteiger partial charge in [0.25, 0.3) is 20.2 Å². The third-order valence-corrected chi connectivity index (χ3v) is 6.37. The number of aromatic hydroxyl groups is 1. The third kappa shape index (κ3) is 5.14. The Kier molecular flexibility index (Phi) is 6.93. The van der Waals surface area contributed by atoms with Crippen LogP contribution in [-0.2, 0) is 20.2 Å². The van der Waals surface area contributed by atoms with Crippen molar-refractivity contribution in [1.29, 1.82) is 0 Å². The number of fused-ring (bicyclic) bond motifs is 1. The van der Waals surface area contributed by atoms with Crippen LogP contribution in [0, 0.1) is 0 Å². The number of rotatable bonds is 7. The third-order valence-electron chi connectivity index (χ3n) is 4.68. The lowest BCUT2D eigenvalue weighted by Crippen LogP contribution is -2.02. The fraction of sp³-hybridized carbons (Fsp3) is 0.158. The molecule has 14 nitrogen and oxygen atoms in total. The normalized spacial score (nSPS) is 12.6. The van der Waals surface area contributed by atoms with E-state index < -0.39 is 41.5 Å². The molecule has 0 atom stereocenters. The van der Waals surface area contributed by atoms with Crippen molar-refractivity contribution in [3.8, 4) is 17.2 Å². The van der Waals surface area contributed by atoms with Gasteiger partial charge in [0.15, 0.2) is 5.75 Å². The minimum absolute atomic E-state index is 0.0369. The number of hydrogen-bond acceptors (Lipinski definition) is 12. The summed E-state index contributed by atoms with van der Waals surface area (Å²) in [6.45, 7) is 0. The molecule has 16 heteroatoms. The molecule has 0 aromatic heterocycles. The zero-order chi connectivity index (χ0) is 26.1. The molecule has 0 heterocycles. The fourth-order valence-electron chi connectivity index (χ4n) is 3.17. The number of phenols is 1. The van der Waals surface area contributed by atoms with Crippen molar-refractivity contribution in [1.82, 2.24) is 0 Å². The van der Waals surface area contributed by atoms with Gasteiger partial charge in [0.2, 0.25) is 0 Å². The van der Waals surface area contributed by atoms with Crippen molar-refractivity contribution >= 4 is 53.8 Å². The molecule has 0 bridgehead atoms. The molecular weight excluding hydrogens is 506 g/mol. The molecule has 0 aliphatic rings. The Balaban J connectivity index is 2.32. The maximum atomic E-state index is 12.0. The van der Waals surface area contributed by atoms with Gasteiger partial charge in [-0.25, -0.2) is 0 Å². The summed E-state index contributed by atoms with van der Waals surface area (Å²) >= 11 is 0. The molecule has 3 rings (SSSR count). The second-order valence-electron chi connectivity index (χ2n) is 6.83. The standard InChI is InChI=1S/C19H19N5O9S2/c1-21-22-12-7-15(33-3)13(8-14(12)32-2)23-24-18-16(35(29,30)31)5-9-4-10(34(26,27)28)6-11(20)17(9)19(18)25/h4-8,25H,20H2,1-3H3,(H,26,27,28)(H,29,30,31). The Morgan fingerprint density at radius 3 is 1.89 bits per heavy atom. The molecule has 0 saturated heterocycles. The van der Waals surface area contributed by atoms with Crippen LogP contribution in [0.5, 0.6) is 17.2 Å². The van der Waals surface area contributed by atoms with Gasteiger partial charge in [0.1, 0.15) is 33.5 Å². The van der Waals surface area contributed by atoms with Crippen molar-refractivity contribution in [3.63, 3.8) is 0 Å². The first-order valence-corrected chi connectivity index (χ1v) is 12.2. The Hall–Kier alpha value is -3.86. The Labute approximate surface area is 199 Å². The number of hydrogen-bond donors (Lipinski definition) is 4. The summed E-state index contributed by atoms with van der Waals surface area (Å²) in [5, 5.41) is 25.6. The SMILES string of the molecule is CN=Nc1cc(OC)c(N=Nc2c(S(=O)(=O)O)cc3cc(S(=O)(=O)O)cc(N)c3c2O)cc1OC. The summed E-state index contributed by atoms with van der Waals surface area (Å²) in [5.74, 6) is -0.450. The van der Waals surface area contributed by atoms with Crippen LogP contribution in [0.3, 0.4) is 0 Å². The largest absolute Gasteiger partial charge is 0.505 e. The van der Waals surface area contributed by atoms with E-state index in [0.29, 0.717) is 5.69 Å². The summed E-state index contributed by atoms with van der Waals surface area (Å²) < 4.78 is 76.6. The average Bonchev–Trinajstić information content (AvgIpc) is 2.77. The van der Waals surface area contributed by atoms with Crippen molar-refractivity contribution in [2.24, 2.45) is 20.5 Å². The van der Waals surface area contributed by atoms with Crippen LogP contribution >= 0.6 is 0 Å². The number of benzene rings is 3. The number of phenolic OH excluding ortho intramolecular Hbond substituents is 1. The quantitative estimate of drug-likeness (QED) is 0.198. The van der Waals surface area contributed by atoms with E-state index in [2.05, 4.69) is 20.5 Å². The van der Waals surface area contributed by atoms with Gasteiger partial charge in [-0.05, 0) is 23.6 Å². The molecule has 5 N–H and O–H groups in total. The van der Waals surface area contributed by atoms with Crippen LogP contribution in [0.1, 0.15) is 0 Å². The smallest absolute Gasteiger partial charge is 0.296 e. The van der Waals surface area contributed by atoms with E-state index in [1.165, 1.54) is 33.4 Å². The number of ether oxygens (including phenoxy) is 2. The van der Waals surface area contributed by atoms with E-state index in [4.69, 9.17) is 15.2 Å². The maximum absolute atomic E-state index is 12.0. The fourth-order valence-corrected chi connectivity index (χ4v) is 4.38. The maximum Gasteiger partial charge on any atom is 0.296 e. The number of nitrogens with two attached hydrogens (primary N) is 1. The summed E-state index contributed by atoms with van der Waals surface area (Å²) in [6, 6.07) is 5.35. The van der Waals surface area contributed by atoms with Crippen LogP contribution in [0.2, 0.25) is 0 Å². The highest BCUT2D eigenvalue weighted by atomic mass is 32.2. The zero-order valence-electron chi connectivity index (χ0n) is 18.4. The first kappa shape index (κ1) is 25.8. The second kappa shape index (κ2) is 9.41. The number of nitrogen functional groups attached to an aromatic ring is 1. The lowest BCUT2D eigenvalue weighted by atomic mass is 10.1. The topological polar surface area (TPSA) is 223 Å². The van der Waals surface area contributed by atoms with Crippen molar-refractivity contribution in [2.45, 2.75) is 9.79 Å². The molecule has 35 heavy (non-hydrogen) atoms. The van der Waals surface area contributed by atoms with E-state index in [-0.39, 0.29) is 33.6 Å². The Morgan fingerprint density at radius 2 is 1.40 bits per heavy atom. The molecule has 0 unspecified atom stereocenters. The van der Waals surface area contributed by atoms with Crippen LogP contribution < -0.4 is 15.2 Å². The lowest BCUT2D eigenvalue weighted by molar-refractivity contribution is 0.405. The number of azo groups is 2. The van der Waals surface area contributed by atoms with Gasteiger partial charge in [-0.3, -0.25) is 9.11 Å². The van der Waals surface area contributed by atoms with Crippen LogP contribution in [0.25, 0.3) is 10.8 Å².